The highest BCUT2D eigenvalue weighted by molar-refractivity contribution is 6.08. The lowest BCUT2D eigenvalue weighted by Crippen LogP contribution is -2.16. The van der Waals surface area contributed by atoms with Gasteiger partial charge < -0.3 is 0 Å². The summed E-state index contributed by atoms with van der Waals surface area (Å²) in [7, 11) is 0. The summed E-state index contributed by atoms with van der Waals surface area (Å²) in [6.07, 6.45) is 0. The summed E-state index contributed by atoms with van der Waals surface area (Å²) in [5.74, 6) is -0.513. The lowest BCUT2D eigenvalue weighted by molar-refractivity contribution is 0.526. The van der Waals surface area contributed by atoms with E-state index in [-0.39, 0.29) is 11.6 Å². The Morgan fingerprint density at radius 3 is 1.70 bits per heavy atom. The summed E-state index contributed by atoms with van der Waals surface area (Å²) >= 11 is 0. The minimum Gasteiger partial charge on any atom is -0.207 e. The summed E-state index contributed by atoms with van der Waals surface area (Å²) < 4.78 is 30.1. The average Bonchev–Trinajstić information content (AvgIpc) is 2.61. The van der Waals surface area contributed by atoms with Gasteiger partial charge in [0, 0.05) is 5.56 Å². The first-order valence-corrected chi connectivity index (χ1v) is 9.19. The standard InChI is InChI=1S/C25H22F2/c1-15-20(26)13-16-9-5-7-11-18(16)22(15)23-19-12-8-6-10-17(19)14-21(27)24(23)25(2,3)4/h5-14H,1-4H3. The van der Waals surface area contributed by atoms with Gasteiger partial charge in [0.15, 0.2) is 0 Å². The van der Waals surface area contributed by atoms with Crippen molar-refractivity contribution in [1.82, 2.24) is 0 Å². The van der Waals surface area contributed by atoms with Crippen LogP contribution >= 0.6 is 0 Å². The first-order valence-electron chi connectivity index (χ1n) is 9.19. The molecule has 0 aliphatic rings. The Kier molecular flexibility index (Phi) is 4.03. The molecule has 0 nitrogen and oxygen atoms in total. The second kappa shape index (κ2) is 6.16. The molecule has 0 N–H and O–H groups in total. The molecule has 4 aromatic carbocycles. The zero-order valence-electron chi connectivity index (χ0n) is 16.0. The lowest BCUT2D eigenvalue weighted by Gasteiger charge is -2.27. The van der Waals surface area contributed by atoms with Crippen LogP contribution in [0.4, 0.5) is 8.78 Å². The Morgan fingerprint density at radius 2 is 1.15 bits per heavy atom. The quantitative estimate of drug-likeness (QED) is 0.329. The van der Waals surface area contributed by atoms with Crippen molar-refractivity contribution in [2.24, 2.45) is 0 Å². The van der Waals surface area contributed by atoms with Gasteiger partial charge in [-0.05, 0) is 62.7 Å². The first kappa shape index (κ1) is 17.7. The molecule has 0 fully saturated rings. The highest BCUT2D eigenvalue weighted by Gasteiger charge is 2.27. The van der Waals surface area contributed by atoms with Crippen LogP contribution in [0.25, 0.3) is 32.7 Å². The predicted molar refractivity (Wildman–Crippen MR) is 110 cm³/mol. The third kappa shape index (κ3) is 2.80. The molecule has 0 radical (unpaired) electrons. The van der Waals surface area contributed by atoms with Crippen molar-refractivity contribution in [3.8, 4) is 11.1 Å². The van der Waals surface area contributed by atoms with E-state index >= 15 is 4.39 Å². The van der Waals surface area contributed by atoms with Crippen molar-refractivity contribution in [2.75, 3.05) is 0 Å². The van der Waals surface area contributed by atoms with Crippen molar-refractivity contribution in [1.29, 1.82) is 0 Å². The molecule has 2 heteroatoms. The fourth-order valence-electron chi connectivity index (χ4n) is 4.05. The van der Waals surface area contributed by atoms with Gasteiger partial charge in [0.25, 0.3) is 0 Å². The second-order valence-electron chi connectivity index (χ2n) is 8.16. The molecule has 0 saturated heterocycles. The molecule has 0 amide bonds. The van der Waals surface area contributed by atoms with Gasteiger partial charge in [-0.2, -0.15) is 0 Å². The maximum absolute atomic E-state index is 15.3. The largest absolute Gasteiger partial charge is 0.207 e. The Balaban J connectivity index is 2.30. The smallest absolute Gasteiger partial charge is 0.128 e. The maximum atomic E-state index is 15.3. The molecular weight excluding hydrogens is 338 g/mol. The SMILES string of the molecule is Cc1c(F)cc2ccccc2c1-c1c(C(C)(C)C)c(F)cc2ccccc12. The Labute approximate surface area is 158 Å². The normalized spacial score (nSPS) is 12.1. The van der Waals surface area contributed by atoms with E-state index in [0.717, 1.165) is 32.7 Å². The van der Waals surface area contributed by atoms with Crippen LogP contribution in [0.5, 0.6) is 0 Å². The Morgan fingerprint density at radius 1 is 0.667 bits per heavy atom. The fourth-order valence-corrected chi connectivity index (χ4v) is 4.05. The van der Waals surface area contributed by atoms with E-state index < -0.39 is 5.41 Å². The topological polar surface area (TPSA) is 0 Å². The highest BCUT2D eigenvalue weighted by Crippen LogP contribution is 2.44. The molecule has 0 aliphatic carbocycles. The summed E-state index contributed by atoms with van der Waals surface area (Å²) in [6.45, 7) is 7.78. The average molecular weight is 360 g/mol. The van der Waals surface area contributed by atoms with E-state index in [1.807, 2.05) is 69.3 Å². The molecule has 0 heterocycles. The van der Waals surface area contributed by atoms with Crippen LogP contribution in [0.2, 0.25) is 0 Å². The van der Waals surface area contributed by atoms with Gasteiger partial charge in [0.1, 0.15) is 11.6 Å². The van der Waals surface area contributed by atoms with Gasteiger partial charge in [-0.1, -0.05) is 69.3 Å². The van der Waals surface area contributed by atoms with Gasteiger partial charge in [-0.3, -0.25) is 0 Å². The molecule has 4 rings (SSSR count). The van der Waals surface area contributed by atoms with Crippen LogP contribution in [0.15, 0.2) is 60.7 Å². The van der Waals surface area contributed by atoms with E-state index in [0.29, 0.717) is 11.1 Å². The van der Waals surface area contributed by atoms with E-state index in [2.05, 4.69) is 0 Å². The van der Waals surface area contributed by atoms with Crippen molar-refractivity contribution in [3.63, 3.8) is 0 Å². The van der Waals surface area contributed by atoms with Crippen molar-refractivity contribution in [2.45, 2.75) is 33.1 Å². The molecule has 0 aliphatic heterocycles. The van der Waals surface area contributed by atoms with E-state index in [4.69, 9.17) is 0 Å². The summed E-state index contributed by atoms with van der Waals surface area (Å²) in [6, 6.07) is 18.7. The number of hydrogen-bond donors (Lipinski definition) is 0. The van der Waals surface area contributed by atoms with Crippen LogP contribution < -0.4 is 0 Å². The number of halogens is 2. The third-order valence-corrected chi connectivity index (χ3v) is 5.25. The third-order valence-electron chi connectivity index (χ3n) is 5.25. The molecule has 0 unspecified atom stereocenters. The molecule has 0 saturated carbocycles. The number of rotatable bonds is 1. The zero-order valence-corrected chi connectivity index (χ0v) is 16.0. The molecular formula is C25H22F2. The summed E-state index contributed by atoms with van der Waals surface area (Å²) in [5.41, 5.74) is 2.33. The molecule has 0 bridgehead atoms. The molecule has 0 atom stereocenters. The van der Waals surface area contributed by atoms with Gasteiger partial charge in [-0.25, -0.2) is 8.78 Å². The monoisotopic (exact) mass is 360 g/mol. The predicted octanol–water partition coefficient (Wildman–Crippen LogP) is 7.54. The molecule has 136 valence electrons. The van der Waals surface area contributed by atoms with E-state index in [9.17, 15) is 4.39 Å². The summed E-state index contributed by atoms with van der Waals surface area (Å²) in [5, 5.41) is 3.54. The lowest BCUT2D eigenvalue weighted by atomic mass is 9.77. The first-order chi connectivity index (χ1) is 12.8. The van der Waals surface area contributed by atoms with Crippen LogP contribution in [-0.2, 0) is 5.41 Å². The minimum absolute atomic E-state index is 0.246. The van der Waals surface area contributed by atoms with Crippen molar-refractivity contribution < 1.29 is 8.78 Å². The van der Waals surface area contributed by atoms with Gasteiger partial charge in [0.05, 0.1) is 0 Å². The van der Waals surface area contributed by atoms with Crippen LogP contribution in [-0.4, -0.2) is 0 Å². The van der Waals surface area contributed by atoms with Gasteiger partial charge in [0.2, 0.25) is 0 Å². The van der Waals surface area contributed by atoms with Crippen molar-refractivity contribution >= 4 is 21.5 Å². The van der Waals surface area contributed by atoms with Crippen molar-refractivity contribution in [3.05, 3.63) is 83.4 Å². The van der Waals surface area contributed by atoms with E-state index in [1.54, 1.807) is 19.1 Å². The number of benzene rings is 4. The maximum Gasteiger partial charge on any atom is 0.128 e. The Hall–Kier alpha value is -2.74. The van der Waals surface area contributed by atoms with Crippen LogP contribution in [0.3, 0.4) is 0 Å². The van der Waals surface area contributed by atoms with Gasteiger partial charge >= 0.3 is 0 Å². The Bertz CT molecular complexity index is 1180. The highest BCUT2D eigenvalue weighted by atomic mass is 19.1. The summed E-state index contributed by atoms with van der Waals surface area (Å²) in [4.78, 5) is 0. The van der Waals surface area contributed by atoms with Crippen LogP contribution in [0, 0.1) is 18.6 Å². The van der Waals surface area contributed by atoms with E-state index in [1.165, 1.54) is 0 Å². The number of fused-ring (bicyclic) bond motifs is 2. The molecule has 4 aromatic rings. The second-order valence-corrected chi connectivity index (χ2v) is 8.16. The fraction of sp³-hybridized carbons (Fsp3) is 0.200. The minimum atomic E-state index is -0.427. The zero-order chi connectivity index (χ0) is 19.3. The van der Waals surface area contributed by atoms with Gasteiger partial charge in [-0.15, -0.1) is 0 Å². The molecule has 0 spiro atoms. The van der Waals surface area contributed by atoms with Crippen LogP contribution in [0.1, 0.15) is 31.9 Å². The number of hydrogen-bond acceptors (Lipinski definition) is 0. The molecule has 27 heavy (non-hydrogen) atoms. The molecule has 0 aromatic heterocycles.